The van der Waals surface area contributed by atoms with E-state index in [9.17, 15) is 39.3 Å². The maximum Gasteiger partial charge on any atom is 0.338 e. The van der Waals surface area contributed by atoms with Gasteiger partial charge in [-0.05, 0) is 65.6 Å². The van der Waals surface area contributed by atoms with Crippen molar-refractivity contribution in [3.05, 3.63) is 131 Å². The number of carbonyl (C=O) groups excluding carboxylic acids is 6. The molecule has 3 fully saturated rings. The number of Topliss-reactive ketones (excluding diaryl/α,β-unsaturated/α-hetero) is 1. The number of hydrogen-bond donors (Lipinski definition) is 4. The molecule has 1 saturated heterocycles. The zero-order valence-corrected chi connectivity index (χ0v) is 37.4. The predicted octanol–water partition coefficient (Wildman–Crippen LogP) is 4.89. The van der Waals surface area contributed by atoms with E-state index in [-0.39, 0.29) is 35.3 Å². The van der Waals surface area contributed by atoms with Gasteiger partial charge in [-0.15, -0.1) is 0 Å². The third-order valence-corrected chi connectivity index (χ3v) is 14.5. The average molecular weight is 904 g/mol. The van der Waals surface area contributed by atoms with E-state index in [1.807, 2.05) is 18.2 Å². The smallest absolute Gasteiger partial charge is 0.338 e. The van der Waals surface area contributed by atoms with Crippen LogP contribution in [-0.2, 0) is 42.9 Å². The first kappa shape index (κ1) is 46.3. The number of amides is 1. The van der Waals surface area contributed by atoms with Gasteiger partial charge in [0.15, 0.2) is 23.6 Å². The van der Waals surface area contributed by atoms with Crippen LogP contribution in [0.2, 0.25) is 0 Å². The highest BCUT2D eigenvalue weighted by Crippen LogP contribution is 2.64. The van der Waals surface area contributed by atoms with Crippen molar-refractivity contribution in [1.82, 2.24) is 5.32 Å². The summed E-state index contributed by atoms with van der Waals surface area (Å²) in [6.07, 6.45) is -10.6. The van der Waals surface area contributed by atoms with Crippen molar-refractivity contribution in [2.45, 2.75) is 108 Å². The molecule has 4 aliphatic rings. The molecule has 0 spiro atoms. The van der Waals surface area contributed by atoms with Gasteiger partial charge in [-0.2, -0.15) is 0 Å². The Morgan fingerprint density at radius 3 is 2.05 bits per heavy atom. The van der Waals surface area contributed by atoms with Gasteiger partial charge in [0.25, 0.3) is 5.91 Å². The molecule has 11 atom stereocenters. The molecule has 0 aromatic heterocycles. The molecular formula is C51H53NO14. The Bertz CT molecular complexity index is 2620. The van der Waals surface area contributed by atoms with Crippen LogP contribution < -0.4 is 5.32 Å². The van der Waals surface area contributed by atoms with Gasteiger partial charge in [0.1, 0.15) is 23.9 Å². The van der Waals surface area contributed by atoms with E-state index in [1.54, 1.807) is 86.6 Å². The molecule has 3 aliphatic carbocycles. The second-order valence-corrected chi connectivity index (χ2v) is 18.5. The summed E-state index contributed by atoms with van der Waals surface area (Å²) in [6.45, 7) is 8.00. The summed E-state index contributed by atoms with van der Waals surface area (Å²) in [5.41, 5.74) is -7.06. The molecule has 1 aliphatic heterocycles. The Hall–Kier alpha value is -6.26. The highest BCUT2D eigenvalue weighted by atomic mass is 16.6. The van der Waals surface area contributed by atoms with Gasteiger partial charge in [-0.1, -0.05) is 92.7 Å². The average Bonchev–Trinajstić information content (AvgIpc) is 3.29. The number of ether oxygens (including phenoxy) is 5. The molecule has 0 radical (unpaired) electrons. The number of carbonyl (C=O) groups is 6. The Labute approximate surface area is 381 Å². The Morgan fingerprint density at radius 1 is 0.803 bits per heavy atom. The van der Waals surface area contributed by atoms with E-state index in [0.29, 0.717) is 10.9 Å². The van der Waals surface area contributed by atoms with Crippen molar-refractivity contribution < 1.29 is 67.8 Å². The molecule has 8 rings (SSSR count). The van der Waals surface area contributed by atoms with Crippen LogP contribution in [-0.4, -0.2) is 105 Å². The number of benzene rings is 4. The number of ketones is 1. The molecular weight excluding hydrogens is 851 g/mol. The van der Waals surface area contributed by atoms with Crippen molar-refractivity contribution in [1.29, 1.82) is 0 Å². The largest absolute Gasteiger partial charge is 0.456 e. The summed E-state index contributed by atoms with van der Waals surface area (Å²) in [7, 11) is 0. The molecule has 4 N–H and O–H groups in total. The second kappa shape index (κ2) is 17.2. The van der Waals surface area contributed by atoms with E-state index in [1.165, 1.54) is 26.0 Å². The SMILES string of the molecule is CC(=O)O[C@H]1C(=O)[C@@]2(C)C(C(OC(=O)c3ccccc3)[C@]3(O)C[C@H](OC(=O)[C@H](O)[C@@H](NC(=O)c4ccccc4)c4cccc5ccccc45)C(C)=C1C3(C)C)[C@]1(OC(C)=O)CO[C@@H]1C[C@@H]2O. The first-order chi connectivity index (χ1) is 31.3. The van der Waals surface area contributed by atoms with Gasteiger partial charge in [0, 0.05) is 37.7 Å². The van der Waals surface area contributed by atoms with Crippen LogP contribution in [0.3, 0.4) is 0 Å². The van der Waals surface area contributed by atoms with Crippen molar-refractivity contribution in [2.24, 2.45) is 16.7 Å². The number of aliphatic hydroxyl groups excluding tert-OH is 2. The van der Waals surface area contributed by atoms with E-state index in [0.717, 1.165) is 19.2 Å². The maximum absolute atomic E-state index is 15.6. The van der Waals surface area contributed by atoms with E-state index in [2.05, 4.69) is 5.32 Å². The zero-order chi connectivity index (χ0) is 47.5. The van der Waals surface area contributed by atoms with Gasteiger partial charge in [-0.25, -0.2) is 9.59 Å². The Kier molecular flexibility index (Phi) is 12.1. The summed E-state index contributed by atoms with van der Waals surface area (Å²) >= 11 is 0. The maximum atomic E-state index is 15.6. The lowest BCUT2D eigenvalue weighted by atomic mass is 9.44. The van der Waals surface area contributed by atoms with Gasteiger partial charge in [0.05, 0.1) is 35.6 Å². The van der Waals surface area contributed by atoms with Crippen LogP contribution in [0.4, 0.5) is 0 Å². The molecule has 346 valence electrons. The van der Waals surface area contributed by atoms with E-state index >= 15 is 4.79 Å². The summed E-state index contributed by atoms with van der Waals surface area (Å²) in [6, 6.07) is 27.1. The number of rotatable bonds is 10. The van der Waals surface area contributed by atoms with Crippen molar-refractivity contribution in [3.8, 4) is 0 Å². The third kappa shape index (κ3) is 7.47. The molecule has 15 nitrogen and oxygen atoms in total. The summed E-state index contributed by atoms with van der Waals surface area (Å²) in [5, 5.41) is 42.3. The lowest BCUT2D eigenvalue weighted by Gasteiger charge is -2.67. The molecule has 1 amide bonds. The molecule has 2 unspecified atom stereocenters. The fourth-order valence-corrected chi connectivity index (χ4v) is 11.0. The minimum Gasteiger partial charge on any atom is -0.456 e. The number of nitrogens with one attached hydrogen (secondary N) is 1. The van der Waals surface area contributed by atoms with Crippen molar-refractivity contribution >= 4 is 46.3 Å². The monoisotopic (exact) mass is 903 g/mol. The van der Waals surface area contributed by atoms with Crippen molar-refractivity contribution in [3.63, 3.8) is 0 Å². The number of fused-ring (bicyclic) bond motifs is 6. The first-order valence-corrected chi connectivity index (χ1v) is 21.9. The topological polar surface area (TPSA) is 221 Å². The molecule has 4 aromatic carbocycles. The van der Waals surface area contributed by atoms with E-state index in [4.69, 9.17) is 23.7 Å². The lowest BCUT2D eigenvalue weighted by Crippen LogP contribution is -2.82. The third-order valence-electron chi connectivity index (χ3n) is 14.5. The minimum absolute atomic E-state index is 0.00659. The molecule has 2 saturated carbocycles. The van der Waals surface area contributed by atoms with Crippen LogP contribution >= 0.6 is 0 Å². The van der Waals surface area contributed by atoms with Crippen molar-refractivity contribution in [2.75, 3.05) is 6.61 Å². The Morgan fingerprint density at radius 2 is 1.42 bits per heavy atom. The van der Waals surface area contributed by atoms with Crippen LogP contribution in [0.1, 0.15) is 86.7 Å². The fraction of sp³-hybridized carbons (Fsp3) is 0.412. The highest BCUT2D eigenvalue weighted by molar-refractivity contribution is 5.97. The second-order valence-electron chi connectivity index (χ2n) is 18.5. The number of esters is 4. The van der Waals surface area contributed by atoms with Crippen LogP contribution in [0.15, 0.2) is 114 Å². The van der Waals surface area contributed by atoms with Crippen LogP contribution in [0.25, 0.3) is 10.8 Å². The zero-order valence-electron chi connectivity index (χ0n) is 37.4. The first-order valence-electron chi connectivity index (χ1n) is 21.9. The normalized spacial score (nSPS) is 30.7. The quantitative estimate of drug-likeness (QED) is 0.0947. The molecule has 66 heavy (non-hydrogen) atoms. The Balaban J connectivity index is 1.29. The highest BCUT2D eigenvalue weighted by Gasteiger charge is 2.78. The number of hydrogen-bond acceptors (Lipinski definition) is 14. The number of aliphatic hydroxyl groups is 3. The summed E-state index contributed by atoms with van der Waals surface area (Å²) < 4.78 is 30.5. The van der Waals surface area contributed by atoms with Crippen LogP contribution in [0.5, 0.6) is 0 Å². The molecule has 15 heteroatoms. The lowest BCUT2D eigenvalue weighted by molar-refractivity contribution is -0.346. The summed E-state index contributed by atoms with van der Waals surface area (Å²) in [4.78, 5) is 84.5. The van der Waals surface area contributed by atoms with Crippen LogP contribution in [0, 0.1) is 16.7 Å². The van der Waals surface area contributed by atoms with Gasteiger partial charge in [0.2, 0.25) is 0 Å². The molecule has 4 aromatic rings. The molecule has 1 heterocycles. The van der Waals surface area contributed by atoms with Gasteiger partial charge >= 0.3 is 23.9 Å². The standard InChI is InChI=1S/C51H53NO14/c1-27-35(64-47(60)40(56)39(52-45(58)31-17-9-7-10-18-31)34-23-15-21-30-16-13-14-22-33(30)34)25-51(61)44(65-46(59)32-19-11-8-12-20-32)42-49(6,36(55)24-37-50(42,26-62-37)66-29(3)54)43(57)41(63-28(2)53)38(27)48(51,4)5/h7-23,35-37,39-42,44,55-56,61H,24-26H2,1-6H3,(H,52,58)/t35-,36-,37+,39-,40+,41+,42?,44?,49+,50-,51+/m0/s1. The van der Waals surface area contributed by atoms with E-state index < -0.39 is 113 Å². The predicted molar refractivity (Wildman–Crippen MR) is 235 cm³/mol. The minimum atomic E-state index is -2.41. The summed E-state index contributed by atoms with van der Waals surface area (Å²) in [5.74, 6) is -6.87. The fourth-order valence-electron chi connectivity index (χ4n) is 11.0. The molecule has 2 bridgehead atoms. The van der Waals surface area contributed by atoms with Gasteiger partial charge < -0.3 is 44.3 Å². The van der Waals surface area contributed by atoms with Gasteiger partial charge in [-0.3, -0.25) is 19.2 Å².